The van der Waals surface area contributed by atoms with Gasteiger partial charge in [0.25, 0.3) is 0 Å². The molecule has 1 aliphatic heterocycles. The Morgan fingerprint density at radius 3 is 2.72 bits per heavy atom. The van der Waals surface area contributed by atoms with Crippen LogP contribution < -0.4 is 10.1 Å². The molecule has 0 aliphatic carbocycles. The first-order valence-corrected chi connectivity index (χ1v) is 6.85. The van der Waals surface area contributed by atoms with E-state index < -0.39 is 0 Å². The monoisotopic (exact) mass is 268 g/mol. The Morgan fingerprint density at radius 1 is 1.33 bits per heavy atom. The number of piperazine rings is 1. The summed E-state index contributed by atoms with van der Waals surface area (Å²) in [7, 11) is 1.67. The molecule has 0 atom stereocenters. The first-order valence-electron chi connectivity index (χ1n) is 6.47. The summed E-state index contributed by atoms with van der Waals surface area (Å²) in [5.74, 6) is 0.814. The van der Waals surface area contributed by atoms with Crippen molar-refractivity contribution in [1.82, 2.24) is 10.2 Å². The zero-order valence-electron chi connectivity index (χ0n) is 11.1. The van der Waals surface area contributed by atoms with Crippen LogP contribution in [0.25, 0.3) is 0 Å². The highest BCUT2D eigenvalue weighted by atomic mass is 35.5. The van der Waals surface area contributed by atoms with Gasteiger partial charge in [-0.05, 0) is 24.5 Å². The molecule has 0 spiro atoms. The molecule has 18 heavy (non-hydrogen) atoms. The maximum absolute atomic E-state index is 6.38. The number of rotatable bonds is 4. The lowest BCUT2D eigenvalue weighted by Gasteiger charge is -2.27. The van der Waals surface area contributed by atoms with Gasteiger partial charge < -0.3 is 15.0 Å². The normalized spacial score (nSPS) is 16.8. The Labute approximate surface area is 114 Å². The Morgan fingerprint density at radius 2 is 2.06 bits per heavy atom. The van der Waals surface area contributed by atoms with E-state index in [0.29, 0.717) is 0 Å². The largest absolute Gasteiger partial charge is 0.495 e. The summed E-state index contributed by atoms with van der Waals surface area (Å²) in [5, 5.41) is 4.13. The highest BCUT2D eigenvalue weighted by Gasteiger charge is 2.13. The topological polar surface area (TPSA) is 24.5 Å². The van der Waals surface area contributed by atoms with Crippen LogP contribution in [-0.4, -0.2) is 44.7 Å². The molecule has 1 fully saturated rings. The number of methoxy groups -OCH3 is 1. The van der Waals surface area contributed by atoms with Gasteiger partial charge in [-0.1, -0.05) is 23.7 Å². The fraction of sp³-hybridized carbons (Fsp3) is 0.571. The van der Waals surface area contributed by atoms with Crippen LogP contribution in [0.2, 0.25) is 5.02 Å². The molecular weight excluding hydrogens is 248 g/mol. The zero-order valence-corrected chi connectivity index (χ0v) is 11.9. The summed E-state index contributed by atoms with van der Waals surface area (Å²) >= 11 is 6.38. The maximum Gasteiger partial charge on any atom is 0.140 e. The SMILES string of the molecule is COc1c(C)ccc(CCN2CCNCC2)c1Cl. The van der Waals surface area contributed by atoms with Crippen LogP contribution in [0.5, 0.6) is 5.75 Å². The molecule has 3 nitrogen and oxygen atoms in total. The molecule has 1 aromatic carbocycles. The predicted octanol–water partition coefficient (Wildman–Crippen LogP) is 2.10. The molecule has 4 heteroatoms. The lowest BCUT2D eigenvalue weighted by atomic mass is 10.1. The van der Waals surface area contributed by atoms with Crippen molar-refractivity contribution in [1.29, 1.82) is 0 Å². The molecular formula is C14H21ClN2O. The number of nitrogens with zero attached hydrogens (tertiary/aromatic N) is 1. The highest BCUT2D eigenvalue weighted by molar-refractivity contribution is 6.33. The third-order valence-corrected chi connectivity index (χ3v) is 3.90. The van der Waals surface area contributed by atoms with Gasteiger partial charge in [0.1, 0.15) is 5.75 Å². The van der Waals surface area contributed by atoms with E-state index in [1.807, 2.05) is 6.92 Å². The van der Waals surface area contributed by atoms with Crippen LogP contribution in [0.4, 0.5) is 0 Å². The van der Waals surface area contributed by atoms with Crippen LogP contribution in [0.3, 0.4) is 0 Å². The number of hydrogen-bond donors (Lipinski definition) is 1. The zero-order chi connectivity index (χ0) is 13.0. The molecule has 0 saturated carbocycles. The van der Waals surface area contributed by atoms with Crippen molar-refractivity contribution >= 4 is 11.6 Å². The number of ether oxygens (including phenoxy) is 1. The molecule has 0 unspecified atom stereocenters. The Balaban J connectivity index is 2.00. The van der Waals surface area contributed by atoms with Gasteiger partial charge in [0.05, 0.1) is 12.1 Å². The molecule has 2 rings (SSSR count). The van der Waals surface area contributed by atoms with Gasteiger partial charge in [-0.3, -0.25) is 0 Å². The van der Waals surface area contributed by atoms with Crippen molar-refractivity contribution in [2.75, 3.05) is 39.8 Å². The minimum atomic E-state index is 0.771. The van der Waals surface area contributed by atoms with Crippen molar-refractivity contribution in [3.05, 3.63) is 28.3 Å². The molecule has 0 bridgehead atoms. The van der Waals surface area contributed by atoms with E-state index in [0.717, 1.165) is 55.5 Å². The first-order chi connectivity index (χ1) is 8.72. The van der Waals surface area contributed by atoms with Gasteiger partial charge in [-0.15, -0.1) is 0 Å². The standard InChI is InChI=1S/C14H21ClN2O/c1-11-3-4-12(13(15)14(11)18-2)5-8-17-9-6-16-7-10-17/h3-4,16H,5-10H2,1-2H3. The summed E-state index contributed by atoms with van der Waals surface area (Å²) in [6, 6.07) is 4.19. The Hall–Kier alpha value is -0.770. The van der Waals surface area contributed by atoms with E-state index in [4.69, 9.17) is 16.3 Å². The average molecular weight is 269 g/mol. The van der Waals surface area contributed by atoms with Gasteiger partial charge in [-0.2, -0.15) is 0 Å². The molecule has 1 aliphatic rings. The predicted molar refractivity (Wildman–Crippen MR) is 75.8 cm³/mol. The van der Waals surface area contributed by atoms with Gasteiger partial charge in [0.2, 0.25) is 0 Å². The van der Waals surface area contributed by atoms with Crippen LogP contribution >= 0.6 is 11.6 Å². The van der Waals surface area contributed by atoms with Gasteiger partial charge >= 0.3 is 0 Å². The van der Waals surface area contributed by atoms with E-state index >= 15 is 0 Å². The van der Waals surface area contributed by atoms with Crippen molar-refractivity contribution in [2.45, 2.75) is 13.3 Å². The number of benzene rings is 1. The summed E-state index contributed by atoms with van der Waals surface area (Å²) in [4.78, 5) is 2.47. The number of nitrogens with one attached hydrogen (secondary N) is 1. The van der Waals surface area contributed by atoms with Crippen LogP contribution in [-0.2, 0) is 6.42 Å². The summed E-state index contributed by atoms with van der Waals surface area (Å²) < 4.78 is 5.35. The van der Waals surface area contributed by atoms with E-state index in [-0.39, 0.29) is 0 Å². The number of halogens is 1. The minimum Gasteiger partial charge on any atom is -0.495 e. The molecule has 1 aromatic rings. The second kappa shape index (κ2) is 6.41. The molecule has 1 N–H and O–H groups in total. The average Bonchev–Trinajstić information content (AvgIpc) is 2.40. The fourth-order valence-corrected chi connectivity index (χ4v) is 2.73. The third-order valence-electron chi connectivity index (χ3n) is 3.49. The van der Waals surface area contributed by atoms with Crippen LogP contribution in [0.15, 0.2) is 12.1 Å². The van der Waals surface area contributed by atoms with Crippen LogP contribution in [0.1, 0.15) is 11.1 Å². The van der Waals surface area contributed by atoms with Gasteiger partial charge in [0.15, 0.2) is 0 Å². The molecule has 0 amide bonds. The summed E-state index contributed by atoms with van der Waals surface area (Å²) in [6.45, 7) is 7.51. The Bertz CT molecular complexity index is 403. The molecule has 1 saturated heterocycles. The van der Waals surface area contributed by atoms with Crippen molar-refractivity contribution in [3.63, 3.8) is 0 Å². The van der Waals surface area contributed by atoms with Gasteiger partial charge in [0, 0.05) is 32.7 Å². The summed E-state index contributed by atoms with van der Waals surface area (Å²) in [6.07, 6.45) is 0.982. The minimum absolute atomic E-state index is 0.771. The Kier molecular flexibility index (Phi) is 4.87. The molecule has 0 aromatic heterocycles. The first kappa shape index (κ1) is 13.7. The summed E-state index contributed by atoms with van der Waals surface area (Å²) in [5.41, 5.74) is 2.27. The fourth-order valence-electron chi connectivity index (χ4n) is 2.35. The number of aryl methyl sites for hydroxylation is 1. The van der Waals surface area contributed by atoms with Crippen molar-refractivity contribution in [3.8, 4) is 5.75 Å². The quantitative estimate of drug-likeness (QED) is 0.905. The van der Waals surface area contributed by atoms with E-state index in [9.17, 15) is 0 Å². The maximum atomic E-state index is 6.38. The molecule has 1 heterocycles. The van der Waals surface area contributed by atoms with E-state index in [1.54, 1.807) is 7.11 Å². The second-order valence-electron chi connectivity index (χ2n) is 4.73. The number of hydrogen-bond acceptors (Lipinski definition) is 3. The van der Waals surface area contributed by atoms with Gasteiger partial charge in [-0.25, -0.2) is 0 Å². The van der Waals surface area contributed by atoms with Crippen LogP contribution in [0, 0.1) is 6.92 Å². The van der Waals surface area contributed by atoms with E-state index in [2.05, 4.69) is 22.3 Å². The van der Waals surface area contributed by atoms with E-state index in [1.165, 1.54) is 5.56 Å². The highest BCUT2D eigenvalue weighted by Crippen LogP contribution is 2.31. The van der Waals surface area contributed by atoms with Crippen molar-refractivity contribution < 1.29 is 4.74 Å². The smallest absolute Gasteiger partial charge is 0.140 e. The molecule has 0 radical (unpaired) electrons. The lowest BCUT2D eigenvalue weighted by Crippen LogP contribution is -2.44. The third kappa shape index (κ3) is 3.16. The lowest BCUT2D eigenvalue weighted by molar-refractivity contribution is 0.244. The molecule has 100 valence electrons. The second-order valence-corrected chi connectivity index (χ2v) is 5.11. The van der Waals surface area contributed by atoms with Crippen molar-refractivity contribution in [2.24, 2.45) is 0 Å².